The van der Waals surface area contributed by atoms with Gasteiger partial charge >= 0.3 is 12.0 Å². The van der Waals surface area contributed by atoms with Crippen LogP contribution in [0.15, 0.2) is 0 Å². The van der Waals surface area contributed by atoms with Crippen molar-refractivity contribution in [1.82, 2.24) is 10.2 Å². The van der Waals surface area contributed by atoms with Gasteiger partial charge in [-0.15, -0.1) is 0 Å². The lowest BCUT2D eigenvalue weighted by molar-refractivity contribution is -0.147. The van der Waals surface area contributed by atoms with Gasteiger partial charge in [-0.25, -0.2) is 9.59 Å². The summed E-state index contributed by atoms with van der Waals surface area (Å²) in [6.07, 6.45) is 3.04. The van der Waals surface area contributed by atoms with Crippen LogP contribution in [0.25, 0.3) is 0 Å². The molecule has 1 atom stereocenters. The Morgan fingerprint density at radius 1 is 1.33 bits per heavy atom. The van der Waals surface area contributed by atoms with Crippen LogP contribution in [-0.2, 0) is 4.79 Å². The normalized spacial score (nSPS) is 12.9. The van der Waals surface area contributed by atoms with Crippen molar-refractivity contribution in [2.75, 3.05) is 6.54 Å². The zero-order valence-corrected chi connectivity index (χ0v) is 12.1. The fourth-order valence-electron chi connectivity index (χ4n) is 1.78. The van der Waals surface area contributed by atoms with Crippen molar-refractivity contribution in [2.45, 2.75) is 65.5 Å². The predicted molar refractivity (Wildman–Crippen MR) is 71.6 cm³/mol. The molecule has 5 heteroatoms. The van der Waals surface area contributed by atoms with Crippen LogP contribution < -0.4 is 5.32 Å². The third kappa shape index (κ3) is 4.55. The van der Waals surface area contributed by atoms with Crippen LogP contribution in [0.3, 0.4) is 0 Å². The molecule has 1 unspecified atom stereocenters. The number of urea groups is 1. The highest BCUT2D eigenvalue weighted by molar-refractivity contribution is 5.85. The molecule has 0 aliphatic heterocycles. The zero-order chi connectivity index (χ0) is 14.3. The Labute approximate surface area is 110 Å². The van der Waals surface area contributed by atoms with Crippen molar-refractivity contribution in [3.8, 4) is 0 Å². The van der Waals surface area contributed by atoms with Gasteiger partial charge in [-0.1, -0.05) is 19.8 Å². The van der Waals surface area contributed by atoms with Crippen molar-refractivity contribution in [3.63, 3.8) is 0 Å². The van der Waals surface area contributed by atoms with Crippen LogP contribution in [0, 0.1) is 0 Å². The Kier molecular flexibility index (Phi) is 6.73. The highest BCUT2D eigenvalue weighted by Crippen LogP contribution is 2.15. The summed E-state index contributed by atoms with van der Waals surface area (Å²) in [5.41, 5.74) is -1.19. The van der Waals surface area contributed by atoms with Gasteiger partial charge in [0, 0.05) is 12.6 Å². The summed E-state index contributed by atoms with van der Waals surface area (Å²) in [5, 5.41) is 12.0. The quantitative estimate of drug-likeness (QED) is 0.737. The standard InChI is InChI=1S/C13H26N2O3/c1-6-8-9-10(3)14-12(18)15(7-2)13(4,5)11(16)17/h10H,6-9H2,1-5H3,(H,14,18)(H,16,17). The number of amides is 2. The maximum atomic E-state index is 12.1. The van der Waals surface area contributed by atoms with Crippen molar-refractivity contribution >= 4 is 12.0 Å². The molecule has 18 heavy (non-hydrogen) atoms. The van der Waals surface area contributed by atoms with Gasteiger partial charge in [0.25, 0.3) is 0 Å². The van der Waals surface area contributed by atoms with E-state index in [9.17, 15) is 9.59 Å². The van der Waals surface area contributed by atoms with E-state index in [1.807, 2.05) is 6.92 Å². The number of rotatable bonds is 7. The summed E-state index contributed by atoms with van der Waals surface area (Å²) in [6.45, 7) is 9.26. The van der Waals surface area contributed by atoms with Crippen LogP contribution in [-0.4, -0.2) is 40.1 Å². The highest BCUT2D eigenvalue weighted by atomic mass is 16.4. The second-order valence-corrected chi connectivity index (χ2v) is 5.10. The minimum Gasteiger partial charge on any atom is -0.480 e. The van der Waals surface area contributed by atoms with Crippen molar-refractivity contribution in [3.05, 3.63) is 0 Å². The number of carboxylic acid groups (broad SMARTS) is 1. The monoisotopic (exact) mass is 258 g/mol. The first-order chi connectivity index (χ1) is 8.27. The number of carbonyl (C=O) groups excluding carboxylic acids is 1. The molecule has 0 aromatic carbocycles. The van der Waals surface area contributed by atoms with E-state index in [1.54, 1.807) is 6.92 Å². The van der Waals surface area contributed by atoms with Gasteiger partial charge in [0.2, 0.25) is 0 Å². The molecule has 0 aliphatic carbocycles. The molecular weight excluding hydrogens is 232 g/mol. The van der Waals surface area contributed by atoms with Gasteiger partial charge in [-0.2, -0.15) is 0 Å². The molecule has 0 saturated heterocycles. The van der Waals surface area contributed by atoms with Gasteiger partial charge in [0.15, 0.2) is 0 Å². The summed E-state index contributed by atoms with van der Waals surface area (Å²) >= 11 is 0. The summed E-state index contributed by atoms with van der Waals surface area (Å²) < 4.78 is 0. The van der Waals surface area contributed by atoms with E-state index in [2.05, 4.69) is 12.2 Å². The van der Waals surface area contributed by atoms with Crippen molar-refractivity contribution in [1.29, 1.82) is 0 Å². The first-order valence-electron chi connectivity index (χ1n) is 6.58. The molecule has 0 aliphatic rings. The third-order valence-electron chi connectivity index (χ3n) is 3.12. The number of carbonyl (C=O) groups is 2. The Morgan fingerprint density at radius 2 is 1.89 bits per heavy atom. The summed E-state index contributed by atoms with van der Waals surface area (Å²) in [6, 6.07) is -0.246. The van der Waals surface area contributed by atoms with E-state index in [1.165, 1.54) is 18.7 Å². The average Bonchev–Trinajstić information content (AvgIpc) is 2.26. The molecule has 0 spiro atoms. The van der Waals surface area contributed by atoms with Crippen LogP contribution in [0.1, 0.15) is 53.9 Å². The largest absolute Gasteiger partial charge is 0.480 e. The number of nitrogens with zero attached hydrogens (tertiary/aromatic N) is 1. The van der Waals surface area contributed by atoms with E-state index < -0.39 is 11.5 Å². The molecular formula is C13H26N2O3. The second-order valence-electron chi connectivity index (χ2n) is 5.10. The van der Waals surface area contributed by atoms with Gasteiger partial charge < -0.3 is 15.3 Å². The smallest absolute Gasteiger partial charge is 0.329 e. The van der Waals surface area contributed by atoms with Crippen LogP contribution in [0.4, 0.5) is 4.79 Å². The fraction of sp³-hybridized carbons (Fsp3) is 0.846. The molecule has 5 nitrogen and oxygen atoms in total. The molecule has 0 bridgehead atoms. The molecule has 0 saturated carbocycles. The zero-order valence-electron chi connectivity index (χ0n) is 12.1. The van der Waals surface area contributed by atoms with E-state index in [4.69, 9.17) is 5.11 Å². The van der Waals surface area contributed by atoms with Gasteiger partial charge in [0.1, 0.15) is 5.54 Å². The molecule has 2 N–H and O–H groups in total. The summed E-state index contributed by atoms with van der Waals surface area (Å²) in [7, 11) is 0. The Bertz CT molecular complexity index is 290. The summed E-state index contributed by atoms with van der Waals surface area (Å²) in [5.74, 6) is -0.999. The maximum absolute atomic E-state index is 12.1. The Balaban J connectivity index is 4.58. The second kappa shape index (κ2) is 7.24. The van der Waals surface area contributed by atoms with Crippen molar-refractivity contribution in [2.24, 2.45) is 0 Å². The number of aliphatic carboxylic acids is 1. The lowest BCUT2D eigenvalue weighted by Crippen LogP contribution is -2.57. The first-order valence-corrected chi connectivity index (χ1v) is 6.58. The summed E-state index contributed by atoms with van der Waals surface area (Å²) in [4.78, 5) is 24.6. The molecule has 0 aromatic heterocycles. The molecule has 106 valence electrons. The molecule has 0 radical (unpaired) electrons. The Morgan fingerprint density at radius 3 is 2.28 bits per heavy atom. The third-order valence-corrected chi connectivity index (χ3v) is 3.12. The maximum Gasteiger partial charge on any atom is 0.329 e. The predicted octanol–water partition coefficient (Wildman–Crippen LogP) is 2.46. The lowest BCUT2D eigenvalue weighted by atomic mass is 10.0. The lowest BCUT2D eigenvalue weighted by Gasteiger charge is -2.35. The fourth-order valence-corrected chi connectivity index (χ4v) is 1.78. The number of likely N-dealkylation sites (N-methyl/N-ethyl adjacent to an activating group) is 1. The number of nitrogens with one attached hydrogen (secondary N) is 1. The molecule has 0 rings (SSSR count). The van der Waals surface area contributed by atoms with E-state index in [0.717, 1.165) is 19.3 Å². The minimum absolute atomic E-state index is 0.0658. The Hall–Kier alpha value is -1.26. The molecule has 0 aromatic rings. The average molecular weight is 258 g/mol. The van der Waals surface area contributed by atoms with Crippen LogP contribution in [0.5, 0.6) is 0 Å². The van der Waals surface area contributed by atoms with E-state index >= 15 is 0 Å². The molecule has 2 amide bonds. The van der Waals surface area contributed by atoms with Gasteiger partial charge in [-0.3, -0.25) is 0 Å². The minimum atomic E-state index is -1.19. The van der Waals surface area contributed by atoms with E-state index in [0.29, 0.717) is 6.54 Å². The first kappa shape index (κ1) is 16.7. The van der Waals surface area contributed by atoms with Crippen LogP contribution in [0.2, 0.25) is 0 Å². The molecule has 0 heterocycles. The van der Waals surface area contributed by atoms with Gasteiger partial charge in [0.05, 0.1) is 0 Å². The van der Waals surface area contributed by atoms with Crippen molar-refractivity contribution < 1.29 is 14.7 Å². The topological polar surface area (TPSA) is 69.6 Å². The molecule has 0 fully saturated rings. The number of hydrogen-bond acceptors (Lipinski definition) is 2. The highest BCUT2D eigenvalue weighted by Gasteiger charge is 2.37. The van der Waals surface area contributed by atoms with Crippen LogP contribution >= 0.6 is 0 Å². The number of unbranched alkanes of at least 4 members (excludes halogenated alkanes) is 1. The van der Waals surface area contributed by atoms with E-state index in [-0.39, 0.29) is 12.1 Å². The SMILES string of the molecule is CCCCC(C)NC(=O)N(CC)C(C)(C)C(=O)O. The number of hydrogen-bond donors (Lipinski definition) is 2. The van der Waals surface area contributed by atoms with Gasteiger partial charge in [-0.05, 0) is 34.1 Å². The number of carboxylic acids is 1.